The minimum atomic E-state index is -0.0733. The molecule has 0 heterocycles. The zero-order chi connectivity index (χ0) is 13.8. The fourth-order valence-electron chi connectivity index (χ4n) is 1.37. The number of rotatable bonds is 1. The third kappa shape index (κ3) is 13.2. The van der Waals surface area contributed by atoms with Gasteiger partial charge in [0.25, 0.3) is 0 Å². The number of benzene rings is 1. The quantitative estimate of drug-likeness (QED) is 0.392. The van der Waals surface area contributed by atoms with Gasteiger partial charge in [-0.15, -0.1) is 37.7 Å². The number of halogens is 2. The van der Waals surface area contributed by atoms with Gasteiger partial charge < -0.3 is 0 Å². The van der Waals surface area contributed by atoms with Crippen molar-refractivity contribution < 1.29 is 23.0 Å². The molecule has 2 aliphatic rings. The normalized spacial score (nSPS) is 12.3. The standard InChI is InChI=1S/C7H8Si.2C5H5.2ClH.Hf/c1-8-7-5-3-2-4-6-7;2*1-2-4-5-3-1;;;/h2-6H,1H3;2*1-3H,4H2;2*1H;/q;2*-1;;;+2. The Balaban J connectivity index is 0. The Morgan fingerprint density at radius 3 is 1.57 bits per heavy atom. The fourth-order valence-corrected chi connectivity index (χ4v) is 3.86. The first-order chi connectivity index (χ1) is 9.30. The van der Waals surface area contributed by atoms with E-state index in [-0.39, 0.29) is 30.3 Å². The van der Waals surface area contributed by atoms with Crippen LogP contribution in [-0.4, -0.2) is 5.49 Å². The Bertz CT molecular complexity index is 449. The van der Waals surface area contributed by atoms with Crippen molar-refractivity contribution in [1.29, 1.82) is 0 Å². The minimum Gasteiger partial charge on any atom is -0.273 e. The molecular weight excluding hydrogens is 482 g/mol. The summed E-state index contributed by atoms with van der Waals surface area (Å²) in [4.78, 5) is 0. The molecule has 0 unspecified atom stereocenters. The smallest absolute Gasteiger partial charge is 0.109 e. The maximum Gasteiger partial charge on any atom is -0.109 e. The van der Waals surface area contributed by atoms with Gasteiger partial charge in [0.1, 0.15) is 0 Å². The van der Waals surface area contributed by atoms with Crippen LogP contribution >= 0.6 is 24.8 Å². The average molecular weight is 502 g/mol. The zero-order valence-electron chi connectivity index (χ0n) is 12.1. The fraction of sp³-hybridized carbons (Fsp3) is 0.176. The molecule has 0 saturated carbocycles. The molecule has 2 aliphatic carbocycles. The van der Waals surface area contributed by atoms with E-state index < -0.39 is 0 Å². The first kappa shape index (κ1) is 23.1. The van der Waals surface area contributed by atoms with Crippen molar-refractivity contribution in [3.63, 3.8) is 0 Å². The summed E-state index contributed by atoms with van der Waals surface area (Å²) in [6, 6.07) is 10.8. The maximum absolute atomic E-state index is 2.99. The van der Waals surface area contributed by atoms with Crippen molar-refractivity contribution in [3.8, 4) is 0 Å². The van der Waals surface area contributed by atoms with Crippen LogP contribution in [0.4, 0.5) is 0 Å². The number of hydrogen-bond acceptors (Lipinski definition) is 0. The van der Waals surface area contributed by atoms with Crippen LogP contribution in [0.15, 0.2) is 66.8 Å². The Morgan fingerprint density at radius 2 is 1.38 bits per heavy atom. The van der Waals surface area contributed by atoms with Gasteiger partial charge in [0.15, 0.2) is 0 Å². The summed E-state index contributed by atoms with van der Waals surface area (Å²) in [7, 11) is 0. The van der Waals surface area contributed by atoms with E-state index in [4.69, 9.17) is 0 Å². The minimum absolute atomic E-state index is 0. The molecule has 1 aromatic rings. The van der Waals surface area contributed by atoms with Crippen LogP contribution in [0, 0.1) is 12.2 Å². The molecule has 4 heteroatoms. The van der Waals surface area contributed by atoms with E-state index >= 15 is 0 Å². The summed E-state index contributed by atoms with van der Waals surface area (Å²) in [6.07, 6.45) is 20.0. The molecule has 0 N–H and O–H groups in total. The monoisotopic (exact) mass is 502 g/mol. The SMILES string of the molecule is C[Si](=[Hf+2])c1ccccc1.Cl.Cl.[C-]1=CC=CC1.[C-]1=CC=CC1. The molecule has 0 radical (unpaired) electrons. The summed E-state index contributed by atoms with van der Waals surface area (Å²) in [6.45, 7) is 2.37. The summed E-state index contributed by atoms with van der Waals surface area (Å²) >= 11 is 1.36. The second kappa shape index (κ2) is 16.2. The Labute approximate surface area is 156 Å². The summed E-state index contributed by atoms with van der Waals surface area (Å²) in [5.41, 5.74) is -0.0733. The van der Waals surface area contributed by atoms with Crippen molar-refractivity contribution in [1.82, 2.24) is 0 Å². The Kier molecular flexibility index (Phi) is 17.9. The molecule has 0 spiro atoms. The second-order valence-corrected chi connectivity index (χ2v) is 13.9. The van der Waals surface area contributed by atoms with E-state index in [1.165, 1.54) is 23.0 Å². The molecule has 0 saturated heterocycles. The van der Waals surface area contributed by atoms with E-state index in [2.05, 4.69) is 61.2 Å². The Hall–Kier alpha value is -0.153. The molecule has 0 fully saturated rings. The molecule has 0 amide bonds. The van der Waals surface area contributed by atoms with Crippen LogP contribution in [0.3, 0.4) is 0 Å². The summed E-state index contributed by atoms with van der Waals surface area (Å²) in [5.74, 6) is 0. The molecule has 0 nitrogen and oxygen atoms in total. The van der Waals surface area contributed by atoms with Crippen LogP contribution in [0.2, 0.25) is 6.55 Å². The van der Waals surface area contributed by atoms with Gasteiger partial charge in [-0.1, -0.05) is 0 Å². The third-order valence-electron chi connectivity index (χ3n) is 2.38. The van der Waals surface area contributed by atoms with Crippen LogP contribution in [0.5, 0.6) is 0 Å². The molecule has 0 aromatic heterocycles. The summed E-state index contributed by atoms with van der Waals surface area (Å²) in [5, 5.41) is 1.58. The topological polar surface area (TPSA) is 0 Å². The maximum atomic E-state index is 2.99. The van der Waals surface area contributed by atoms with E-state index in [9.17, 15) is 0 Å². The van der Waals surface area contributed by atoms with Gasteiger partial charge in [-0.3, -0.25) is 12.2 Å². The third-order valence-corrected chi connectivity index (χ3v) is 6.69. The first-order valence-corrected chi connectivity index (χ1v) is 13.7. The van der Waals surface area contributed by atoms with Crippen LogP contribution in [0.1, 0.15) is 12.8 Å². The zero-order valence-corrected chi connectivity index (χ0v) is 18.3. The molecule has 21 heavy (non-hydrogen) atoms. The van der Waals surface area contributed by atoms with E-state index in [1.807, 2.05) is 24.3 Å². The van der Waals surface area contributed by atoms with Crippen molar-refractivity contribution in [2.75, 3.05) is 0 Å². The second-order valence-electron chi connectivity index (χ2n) is 4.00. The largest absolute Gasteiger partial charge is 0.273 e. The van der Waals surface area contributed by atoms with Gasteiger partial charge in [0.05, 0.1) is 0 Å². The molecule has 1 aromatic carbocycles. The van der Waals surface area contributed by atoms with E-state index in [1.54, 1.807) is 5.19 Å². The molecule has 0 aliphatic heterocycles. The number of allylic oxidation sites excluding steroid dienone is 8. The van der Waals surface area contributed by atoms with Gasteiger partial charge in [-0.25, -0.2) is 24.3 Å². The molecule has 0 atom stereocenters. The van der Waals surface area contributed by atoms with Crippen LogP contribution in [0.25, 0.3) is 0 Å². The van der Waals surface area contributed by atoms with Gasteiger partial charge in [-0.05, 0) is 0 Å². The van der Waals surface area contributed by atoms with Gasteiger partial charge in [-0.2, -0.15) is 12.2 Å². The Morgan fingerprint density at radius 1 is 0.905 bits per heavy atom. The first-order valence-electron chi connectivity index (χ1n) is 6.34. The summed E-state index contributed by atoms with van der Waals surface area (Å²) < 4.78 is 0. The van der Waals surface area contributed by atoms with Gasteiger partial charge >= 0.3 is 70.6 Å². The van der Waals surface area contributed by atoms with Crippen LogP contribution < -0.4 is 5.19 Å². The van der Waals surface area contributed by atoms with Gasteiger partial charge in [0.2, 0.25) is 0 Å². The van der Waals surface area contributed by atoms with Crippen molar-refractivity contribution in [2.45, 2.75) is 19.4 Å². The number of hydrogen-bond donors (Lipinski definition) is 0. The predicted molar refractivity (Wildman–Crippen MR) is 95.3 cm³/mol. The van der Waals surface area contributed by atoms with Crippen molar-refractivity contribution in [3.05, 3.63) is 78.9 Å². The predicted octanol–water partition coefficient (Wildman–Crippen LogP) is 4.52. The molecule has 110 valence electrons. The molecular formula is C17H20Cl2HfSi. The van der Waals surface area contributed by atoms with Crippen LogP contribution in [-0.2, 0) is 23.0 Å². The van der Waals surface area contributed by atoms with E-state index in [0.29, 0.717) is 0 Å². The van der Waals surface area contributed by atoms with Crippen molar-refractivity contribution >= 4 is 35.5 Å². The molecule has 3 rings (SSSR count). The van der Waals surface area contributed by atoms with E-state index in [0.717, 1.165) is 12.8 Å². The molecule has 0 bridgehead atoms. The van der Waals surface area contributed by atoms with Gasteiger partial charge in [0, 0.05) is 0 Å². The average Bonchev–Trinajstić information content (AvgIpc) is 3.18. The van der Waals surface area contributed by atoms with Crippen molar-refractivity contribution in [2.24, 2.45) is 0 Å².